The number of rotatable bonds is 5. The molecule has 2 heterocycles. The molecule has 0 bridgehead atoms. The van der Waals surface area contributed by atoms with E-state index in [0.29, 0.717) is 49.7 Å². The molecular weight excluding hydrogens is 382 g/mol. The number of ether oxygens (including phenoxy) is 2. The first-order valence-electron chi connectivity index (χ1n) is 9.94. The second kappa shape index (κ2) is 8.49. The Hall–Kier alpha value is -3.48. The number of fused-ring (bicyclic) bond motifs is 1. The first kappa shape index (κ1) is 19.8. The standard InChI is InChI=1S/C23H25N3O4/c1-29-18-11-16(12-19(14-18)30-2)23(28)26-9-7-25(8-10-26)22(27)13-17-15-24-21-6-4-3-5-20(17)21/h3-6,11-12,14-15,24H,7-10,13H2,1-2H3. The molecule has 0 atom stereocenters. The van der Waals surface area contributed by atoms with E-state index in [1.165, 1.54) is 0 Å². The minimum atomic E-state index is -0.0871. The molecule has 30 heavy (non-hydrogen) atoms. The molecule has 156 valence electrons. The number of para-hydroxylation sites is 1. The van der Waals surface area contributed by atoms with Crippen LogP contribution in [0.15, 0.2) is 48.7 Å². The highest BCUT2D eigenvalue weighted by molar-refractivity contribution is 5.95. The molecule has 7 heteroatoms. The van der Waals surface area contributed by atoms with Crippen molar-refractivity contribution >= 4 is 22.7 Å². The molecule has 1 aliphatic heterocycles. The summed E-state index contributed by atoms with van der Waals surface area (Å²) in [5.41, 5.74) is 2.55. The molecular formula is C23H25N3O4. The molecule has 0 radical (unpaired) electrons. The summed E-state index contributed by atoms with van der Waals surface area (Å²) in [6.45, 7) is 2.04. The number of nitrogens with zero attached hydrogens (tertiary/aromatic N) is 2. The Balaban J connectivity index is 1.38. The largest absolute Gasteiger partial charge is 0.497 e. The van der Waals surface area contributed by atoms with Crippen LogP contribution in [0.2, 0.25) is 0 Å². The lowest BCUT2D eigenvalue weighted by Crippen LogP contribution is -2.51. The molecule has 2 amide bonds. The van der Waals surface area contributed by atoms with Crippen molar-refractivity contribution < 1.29 is 19.1 Å². The highest BCUT2D eigenvalue weighted by atomic mass is 16.5. The Morgan fingerprint density at radius 2 is 1.57 bits per heavy atom. The van der Waals surface area contributed by atoms with E-state index in [-0.39, 0.29) is 11.8 Å². The smallest absolute Gasteiger partial charge is 0.254 e. The quantitative estimate of drug-likeness (QED) is 0.706. The summed E-state index contributed by atoms with van der Waals surface area (Å²) in [6, 6.07) is 13.1. The zero-order valence-corrected chi connectivity index (χ0v) is 17.2. The van der Waals surface area contributed by atoms with Gasteiger partial charge in [-0.2, -0.15) is 0 Å². The van der Waals surface area contributed by atoms with Crippen LogP contribution in [0.4, 0.5) is 0 Å². The summed E-state index contributed by atoms with van der Waals surface area (Å²) in [7, 11) is 3.11. The fourth-order valence-electron chi connectivity index (χ4n) is 3.83. The van der Waals surface area contributed by atoms with Gasteiger partial charge in [-0.25, -0.2) is 0 Å². The summed E-state index contributed by atoms with van der Waals surface area (Å²) >= 11 is 0. The lowest BCUT2D eigenvalue weighted by molar-refractivity contribution is -0.131. The van der Waals surface area contributed by atoms with Crippen LogP contribution in [0.25, 0.3) is 10.9 Å². The van der Waals surface area contributed by atoms with Gasteiger partial charge < -0.3 is 24.3 Å². The van der Waals surface area contributed by atoms with Crippen LogP contribution in [-0.4, -0.2) is 67.0 Å². The Morgan fingerprint density at radius 3 is 2.23 bits per heavy atom. The summed E-state index contributed by atoms with van der Waals surface area (Å²) in [5.74, 6) is 1.14. The monoisotopic (exact) mass is 407 g/mol. The minimum Gasteiger partial charge on any atom is -0.497 e. The fraction of sp³-hybridized carbons (Fsp3) is 0.304. The number of amides is 2. The van der Waals surface area contributed by atoms with Crippen LogP contribution in [0.1, 0.15) is 15.9 Å². The maximum atomic E-state index is 12.9. The third kappa shape index (κ3) is 3.96. The van der Waals surface area contributed by atoms with Crippen LogP contribution in [0, 0.1) is 0 Å². The van der Waals surface area contributed by atoms with Gasteiger partial charge in [-0.15, -0.1) is 0 Å². The number of aromatic amines is 1. The first-order chi connectivity index (χ1) is 14.6. The summed E-state index contributed by atoms with van der Waals surface area (Å²) in [4.78, 5) is 32.5. The molecule has 1 saturated heterocycles. The van der Waals surface area contributed by atoms with E-state index in [2.05, 4.69) is 4.98 Å². The third-order valence-electron chi connectivity index (χ3n) is 5.53. The SMILES string of the molecule is COc1cc(OC)cc(C(=O)N2CCN(C(=O)Cc3c[nH]c4ccccc34)CC2)c1. The molecule has 3 aromatic rings. The molecule has 1 N–H and O–H groups in total. The Morgan fingerprint density at radius 1 is 0.933 bits per heavy atom. The van der Waals surface area contributed by atoms with Crippen molar-refractivity contribution in [1.29, 1.82) is 0 Å². The minimum absolute atomic E-state index is 0.0786. The molecule has 2 aromatic carbocycles. The van der Waals surface area contributed by atoms with E-state index in [4.69, 9.17) is 9.47 Å². The van der Waals surface area contributed by atoms with Crippen molar-refractivity contribution in [3.63, 3.8) is 0 Å². The molecule has 1 aliphatic rings. The summed E-state index contributed by atoms with van der Waals surface area (Å²) in [5, 5.41) is 1.08. The van der Waals surface area contributed by atoms with E-state index in [1.807, 2.05) is 35.4 Å². The lowest BCUT2D eigenvalue weighted by Gasteiger charge is -2.35. The molecule has 1 aromatic heterocycles. The second-order valence-corrected chi connectivity index (χ2v) is 7.31. The van der Waals surface area contributed by atoms with Gasteiger partial charge in [-0.05, 0) is 23.8 Å². The molecule has 4 rings (SSSR count). The number of hydrogen-bond donors (Lipinski definition) is 1. The molecule has 7 nitrogen and oxygen atoms in total. The van der Waals surface area contributed by atoms with Gasteiger partial charge in [0.1, 0.15) is 11.5 Å². The number of hydrogen-bond acceptors (Lipinski definition) is 4. The normalized spacial score (nSPS) is 14.1. The van der Waals surface area contributed by atoms with E-state index < -0.39 is 0 Å². The highest BCUT2D eigenvalue weighted by Gasteiger charge is 2.26. The number of methoxy groups -OCH3 is 2. The lowest BCUT2D eigenvalue weighted by atomic mass is 10.1. The Kier molecular flexibility index (Phi) is 5.61. The molecule has 0 spiro atoms. The van der Waals surface area contributed by atoms with E-state index >= 15 is 0 Å². The Bertz CT molecular complexity index is 1050. The van der Waals surface area contributed by atoms with Crippen LogP contribution in [-0.2, 0) is 11.2 Å². The third-order valence-corrected chi connectivity index (χ3v) is 5.53. The first-order valence-corrected chi connectivity index (χ1v) is 9.94. The summed E-state index contributed by atoms with van der Waals surface area (Å²) in [6.07, 6.45) is 2.25. The molecule has 0 aliphatic carbocycles. The maximum Gasteiger partial charge on any atom is 0.254 e. The molecule has 1 fully saturated rings. The van der Waals surface area contributed by atoms with Crippen molar-refractivity contribution in [3.05, 3.63) is 59.8 Å². The number of nitrogens with one attached hydrogen (secondary N) is 1. The Labute approximate surface area is 175 Å². The second-order valence-electron chi connectivity index (χ2n) is 7.31. The van der Waals surface area contributed by atoms with Crippen LogP contribution >= 0.6 is 0 Å². The number of benzene rings is 2. The van der Waals surface area contributed by atoms with Gasteiger partial charge in [-0.3, -0.25) is 9.59 Å². The van der Waals surface area contributed by atoms with E-state index in [0.717, 1.165) is 16.5 Å². The highest BCUT2D eigenvalue weighted by Crippen LogP contribution is 2.24. The van der Waals surface area contributed by atoms with Crippen LogP contribution in [0.5, 0.6) is 11.5 Å². The average molecular weight is 407 g/mol. The van der Waals surface area contributed by atoms with Gasteiger partial charge >= 0.3 is 0 Å². The van der Waals surface area contributed by atoms with Crippen LogP contribution in [0.3, 0.4) is 0 Å². The summed E-state index contributed by atoms with van der Waals surface area (Å²) < 4.78 is 10.5. The van der Waals surface area contributed by atoms with Crippen molar-refractivity contribution in [1.82, 2.24) is 14.8 Å². The number of carbonyl (C=O) groups excluding carboxylic acids is 2. The van der Waals surface area contributed by atoms with Gasteiger partial charge in [0, 0.05) is 54.9 Å². The van der Waals surface area contributed by atoms with E-state index in [9.17, 15) is 9.59 Å². The van der Waals surface area contributed by atoms with Crippen molar-refractivity contribution in [3.8, 4) is 11.5 Å². The fourth-order valence-corrected chi connectivity index (χ4v) is 3.83. The van der Waals surface area contributed by atoms with Crippen molar-refractivity contribution in [2.24, 2.45) is 0 Å². The van der Waals surface area contributed by atoms with Crippen molar-refractivity contribution in [2.45, 2.75) is 6.42 Å². The predicted octanol–water partition coefficient (Wildman–Crippen LogP) is 2.71. The number of piperazine rings is 1. The topological polar surface area (TPSA) is 74.9 Å². The maximum absolute atomic E-state index is 12.9. The van der Waals surface area contributed by atoms with E-state index in [1.54, 1.807) is 37.3 Å². The zero-order valence-electron chi connectivity index (χ0n) is 17.2. The van der Waals surface area contributed by atoms with Gasteiger partial charge in [0.2, 0.25) is 5.91 Å². The van der Waals surface area contributed by atoms with Crippen LogP contribution < -0.4 is 9.47 Å². The predicted molar refractivity (Wildman–Crippen MR) is 114 cm³/mol. The van der Waals surface area contributed by atoms with Gasteiger partial charge in [-0.1, -0.05) is 18.2 Å². The van der Waals surface area contributed by atoms with Gasteiger partial charge in [0.05, 0.1) is 20.6 Å². The number of H-pyrrole nitrogens is 1. The van der Waals surface area contributed by atoms with Gasteiger partial charge in [0.25, 0.3) is 5.91 Å². The molecule has 0 unspecified atom stereocenters. The number of aromatic nitrogens is 1. The zero-order chi connectivity index (χ0) is 21.1. The number of carbonyl (C=O) groups is 2. The molecule has 0 saturated carbocycles. The van der Waals surface area contributed by atoms with Crippen molar-refractivity contribution in [2.75, 3.05) is 40.4 Å². The van der Waals surface area contributed by atoms with Gasteiger partial charge in [0.15, 0.2) is 0 Å². The average Bonchev–Trinajstić information content (AvgIpc) is 3.21.